The number of nitrogens with two attached hydrogens (primary N) is 1. The van der Waals surface area contributed by atoms with E-state index in [0.717, 1.165) is 10.7 Å². The van der Waals surface area contributed by atoms with Gasteiger partial charge in [-0.2, -0.15) is 9.49 Å². The second-order valence-corrected chi connectivity index (χ2v) is 13.2. The molecule has 0 radical (unpaired) electrons. The summed E-state index contributed by atoms with van der Waals surface area (Å²) in [5.74, 6) is -4.19. The maximum atomic E-state index is 14.7. The summed E-state index contributed by atoms with van der Waals surface area (Å²) in [4.78, 5) is 13.4. The molecule has 0 bridgehead atoms. The van der Waals surface area contributed by atoms with Crippen molar-refractivity contribution in [3.63, 3.8) is 0 Å². The molecule has 1 aromatic heterocycles. The first kappa shape index (κ1) is 28.3. The largest absolute Gasteiger partial charge is 0.454 e. The molecule has 0 atom stereocenters. The van der Waals surface area contributed by atoms with Crippen molar-refractivity contribution in [3.8, 4) is 17.2 Å². The Morgan fingerprint density at radius 3 is 2.48 bits per heavy atom. The van der Waals surface area contributed by atoms with Crippen LogP contribution in [0.15, 0.2) is 54.2 Å². The van der Waals surface area contributed by atoms with E-state index in [0.29, 0.717) is 29.5 Å². The molecule has 2 N–H and O–H groups in total. The van der Waals surface area contributed by atoms with Crippen molar-refractivity contribution in [1.29, 1.82) is 0 Å². The number of carbonyl (C=O) groups excluding carboxylic acids is 1. The van der Waals surface area contributed by atoms with Crippen LogP contribution in [0.3, 0.4) is 0 Å². The molecule has 2 aliphatic carbocycles. The minimum atomic E-state index is -3.42. The molecule has 4 aromatic rings. The molecule has 1 saturated carbocycles. The normalized spacial score (nSPS) is 14.5. The van der Waals surface area contributed by atoms with Crippen LogP contribution in [-0.2, 0) is 22.0 Å². The molecule has 13 heteroatoms. The number of Topliss-reactive ketones (excluding diaryl/α,β-unsaturated/α-hetero) is 1. The van der Waals surface area contributed by atoms with Gasteiger partial charge in [0.15, 0.2) is 27.2 Å². The Labute approximate surface area is 248 Å². The lowest BCUT2D eigenvalue weighted by atomic mass is 10.0. The first-order valence-electron chi connectivity index (χ1n) is 12.7. The number of sulfone groups is 1. The van der Waals surface area contributed by atoms with Gasteiger partial charge >= 0.3 is 0 Å². The summed E-state index contributed by atoms with van der Waals surface area (Å²) in [5, 5.41) is 3.76. The highest BCUT2D eigenvalue weighted by Crippen LogP contribution is 2.38. The lowest BCUT2D eigenvalue weighted by Crippen LogP contribution is -2.11. The van der Waals surface area contributed by atoms with Gasteiger partial charge in [0, 0.05) is 29.7 Å². The lowest BCUT2D eigenvalue weighted by Gasteiger charge is -2.13. The highest BCUT2D eigenvalue weighted by molar-refractivity contribution is 7.91. The fourth-order valence-corrected chi connectivity index (χ4v) is 7.18. The second kappa shape index (κ2) is 10.5. The number of allylic oxidation sites excluding steroid dienone is 1. The van der Waals surface area contributed by atoms with Crippen LogP contribution in [0.1, 0.15) is 39.9 Å². The summed E-state index contributed by atoms with van der Waals surface area (Å²) in [6.45, 7) is 0. The number of carbonyl (C=O) groups is 1. The number of fused-ring (bicyclic) bond motifs is 1. The Balaban J connectivity index is 1.24. The van der Waals surface area contributed by atoms with Crippen LogP contribution < -0.4 is 10.5 Å². The van der Waals surface area contributed by atoms with Crippen molar-refractivity contribution < 1.29 is 31.1 Å². The summed E-state index contributed by atoms with van der Waals surface area (Å²) < 4.78 is 73.7. The molecule has 1 fully saturated rings. The Hall–Kier alpha value is -3.80. The number of ketones is 1. The van der Waals surface area contributed by atoms with Gasteiger partial charge in [-0.3, -0.25) is 4.79 Å². The van der Waals surface area contributed by atoms with Crippen LogP contribution in [0.2, 0.25) is 10.0 Å². The zero-order valence-electron chi connectivity index (χ0n) is 21.5. The number of hydrogen-bond donors (Lipinski definition) is 1. The second-order valence-electron chi connectivity index (χ2n) is 10.1. The molecule has 0 amide bonds. The van der Waals surface area contributed by atoms with Gasteiger partial charge in [-0.05, 0) is 48.2 Å². The van der Waals surface area contributed by atoms with E-state index in [-0.39, 0.29) is 56.4 Å². The van der Waals surface area contributed by atoms with Crippen molar-refractivity contribution in [2.45, 2.75) is 30.3 Å². The number of halogens is 5. The van der Waals surface area contributed by atoms with E-state index < -0.39 is 38.3 Å². The van der Waals surface area contributed by atoms with Crippen LogP contribution in [-0.4, -0.2) is 29.2 Å². The Morgan fingerprint density at radius 2 is 1.79 bits per heavy atom. The highest BCUT2D eigenvalue weighted by atomic mass is 35.5. The monoisotopic (exact) mass is 633 g/mol. The maximum absolute atomic E-state index is 14.7. The Bertz CT molecular complexity index is 1920. The van der Waals surface area contributed by atoms with Gasteiger partial charge in [0.2, 0.25) is 5.82 Å². The molecule has 6 rings (SSSR count). The molecule has 0 aliphatic heterocycles. The topological polar surface area (TPSA) is 104 Å². The van der Waals surface area contributed by atoms with E-state index in [9.17, 15) is 26.4 Å². The number of benzene rings is 3. The van der Waals surface area contributed by atoms with E-state index in [1.807, 2.05) is 0 Å². The van der Waals surface area contributed by atoms with Gasteiger partial charge in [0.05, 0.1) is 32.8 Å². The maximum Gasteiger partial charge on any atom is 0.201 e. The molecule has 1 heterocycles. The van der Waals surface area contributed by atoms with Crippen LogP contribution in [0, 0.1) is 17.5 Å². The van der Waals surface area contributed by atoms with Crippen molar-refractivity contribution in [2.24, 2.45) is 0 Å². The lowest BCUT2D eigenvalue weighted by molar-refractivity contribution is 0.103. The van der Waals surface area contributed by atoms with Gasteiger partial charge in [-0.1, -0.05) is 35.3 Å². The number of aromatic nitrogens is 2. The van der Waals surface area contributed by atoms with Crippen molar-refractivity contribution >= 4 is 50.7 Å². The molecule has 2 aliphatic rings. The predicted molar refractivity (Wildman–Crippen MR) is 152 cm³/mol. The van der Waals surface area contributed by atoms with E-state index in [1.54, 1.807) is 0 Å². The van der Waals surface area contributed by atoms with Gasteiger partial charge in [-0.15, -0.1) is 0 Å². The molecule has 0 saturated heterocycles. The van der Waals surface area contributed by atoms with Crippen LogP contribution in [0.25, 0.3) is 11.8 Å². The minimum Gasteiger partial charge on any atom is -0.454 e. The van der Waals surface area contributed by atoms with Crippen molar-refractivity contribution in [1.82, 2.24) is 9.78 Å². The van der Waals surface area contributed by atoms with Crippen molar-refractivity contribution in [3.05, 3.63) is 104 Å². The third kappa shape index (κ3) is 5.16. The molecular formula is C29H20Cl2F3N3O4S. The third-order valence-corrected chi connectivity index (χ3v) is 9.87. The molecule has 0 unspecified atom stereocenters. The molecule has 3 aromatic carbocycles. The smallest absolute Gasteiger partial charge is 0.201 e. The number of hydrogen-bond acceptors (Lipinski definition) is 6. The quantitative estimate of drug-likeness (QED) is 0.212. The van der Waals surface area contributed by atoms with Crippen LogP contribution in [0.5, 0.6) is 11.5 Å². The van der Waals surface area contributed by atoms with E-state index in [1.165, 1.54) is 48.7 Å². The Kier molecular flexibility index (Phi) is 7.07. The molecule has 216 valence electrons. The number of nitrogens with zero attached hydrogens (tertiary/aromatic N) is 2. The summed E-state index contributed by atoms with van der Waals surface area (Å²) in [7, 11) is -3.42. The Morgan fingerprint density at radius 1 is 1.07 bits per heavy atom. The summed E-state index contributed by atoms with van der Waals surface area (Å²) in [5.41, 5.74) is 7.94. The van der Waals surface area contributed by atoms with Crippen LogP contribution >= 0.6 is 23.2 Å². The van der Waals surface area contributed by atoms with Gasteiger partial charge in [-0.25, -0.2) is 21.9 Å². The number of ether oxygens (including phenoxy) is 1. The SMILES string of the molecule is Nc1c(C(=O)C2=Cc3cc(F)c(CS(=O)(=O)C4CC4)cc3C2)cnn1-c1c(Cl)cc(Oc2cccc(F)c2F)cc1Cl. The fraction of sp³-hybridized carbons (Fsp3) is 0.172. The summed E-state index contributed by atoms with van der Waals surface area (Å²) in [6, 6.07) is 8.80. The van der Waals surface area contributed by atoms with E-state index >= 15 is 0 Å². The van der Waals surface area contributed by atoms with Crippen LogP contribution in [0.4, 0.5) is 19.0 Å². The summed E-state index contributed by atoms with van der Waals surface area (Å²) in [6.07, 6.45) is 4.11. The predicted octanol–water partition coefficient (Wildman–Crippen LogP) is 6.87. The molecule has 42 heavy (non-hydrogen) atoms. The average Bonchev–Trinajstić information content (AvgIpc) is 3.63. The zero-order valence-corrected chi connectivity index (χ0v) is 23.8. The number of anilines is 1. The first-order valence-corrected chi connectivity index (χ1v) is 15.1. The zero-order chi connectivity index (χ0) is 29.9. The standard InChI is InChI=1S/C29H20Cl2F3N3O4S/c30-21-10-18(41-25-3-1-2-23(32)26(25)34)11-22(31)27(21)37-29(35)20(12-36-37)28(38)16-6-14-8-17(24(33)9-15(14)7-16)13-42(39,40)19-4-5-19/h1-3,7-12,19H,4-6,13,35H2. The minimum absolute atomic E-state index is 0.000230. The van der Waals surface area contributed by atoms with Gasteiger partial charge < -0.3 is 10.5 Å². The molecule has 0 spiro atoms. The fourth-order valence-electron chi connectivity index (χ4n) is 4.81. The molecular weight excluding hydrogens is 614 g/mol. The average molecular weight is 634 g/mol. The number of rotatable bonds is 8. The third-order valence-electron chi connectivity index (χ3n) is 7.10. The number of nitrogen functional groups attached to an aromatic ring is 1. The van der Waals surface area contributed by atoms with Gasteiger partial charge in [0.1, 0.15) is 23.1 Å². The highest BCUT2D eigenvalue weighted by Gasteiger charge is 2.36. The molecule has 7 nitrogen and oxygen atoms in total. The van der Waals surface area contributed by atoms with E-state index in [2.05, 4.69) is 5.10 Å². The van der Waals surface area contributed by atoms with Crippen molar-refractivity contribution in [2.75, 3.05) is 5.73 Å². The first-order chi connectivity index (χ1) is 19.9. The van der Waals surface area contributed by atoms with Gasteiger partial charge in [0.25, 0.3) is 0 Å². The van der Waals surface area contributed by atoms with E-state index in [4.69, 9.17) is 33.7 Å². The summed E-state index contributed by atoms with van der Waals surface area (Å²) >= 11 is 12.9.